The fraction of sp³-hybridized carbons (Fsp3) is 1.00. The van der Waals surface area contributed by atoms with Gasteiger partial charge in [-0.25, -0.2) is 0 Å². The smallest absolute Gasteiger partial charge is 0.0967 e. The molecule has 0 aliphatic rings. The van der Waals surface area contributed by atoms with Gasteiger partial charge in [0, 0.05) is 27.7 Å². The predicted molar refractivity (Wildman–Crippen MR) is 16.6 cm³/mol. The average molecular weight is 286 g/mol. The Hall–Kier alpha value is 1.52. The maximum absolute atomic E-state index is 4.76. The van der Waals surface area contributed by atoms with Gasteiger partial charge in [-0.1, -0.05) is 0 Å². The first kappa shape index (κ1) is 9.10. The summed E-state index contributed by atoms with van der Waals surface area (Å²) >= 11 is 9.53. The molecule has 0 N–H and O–H groups in total. The summed E-state index contributed by atoms with van der Waals surface area (Å²) in [5.41, 5.74) is 0. The first-order chi connectivity index (χ1) is 1.41. The maximum atomic E-state index is 4.76. The summed E-state index contributed by atoms with van der Waals surface area (Å²) in [7, 11) is 0. The Morgan fingerprint density at radius 2 is 1.25 bits per heavy atom. The monoisotopic (exact) mass is 286 g/mol. The second kappa shape index (κ2) is 8.82. The average Bonchev–Trinajstić information content (AvgIpc) is 0.918. The van der Waals surface area contributed by atoms with Gasteiger partial charge < -0.3 is 0 Å². The third-order valence-corrected chi connectivity index (χ3v) is 0. The van der Waals surface area contributed by atoms with Crippen LogP contribution in [-0.4, -0.2) is 5.34 Å². The number of alkyl halides is 2. The van der Waals surface area contributed by atoms with Gasteiger partial charge in [0.2, 0.25) is 0 Å². The largest absolute Gasteiger partial charge is 0.109 e. The Kier molecular flexibility index (Phi) is 20.1. The van der Waals surface area contributed by atoms with Crippen molar-refractivity contribution < 1.29 is 27.7 Å². The fourth-order valence-electron chi connectivity index (χ4n) is 0. The summed E-state index contributed by atoms with van der Waals surface area (Å²) in [5.74, 6) is 0. The summed E-state index contributed by atoms with van der Waals surface area (Å²) in [6, 6.07) is 0. The molecule has 0 spiro atoms. The van der Waals surface area contributed by atoms with E-state index in [0.29, 0.717) is 0 Å². The Bertz CT molecular complexity index is 6.00. The molecular formula is CH2Cl2Hg. The fourth-order valence-corrected chi connectivity index (χ4v) is 0. The third-order valence-electron chi connectivity index (χ3n) is 0. The number of hydrogen-bond donors (Lipinski definition) is 0. The van der Waals surface area contributed by atoms with E-state index in [1.807, 2.05) is 0 Å². The van der Waals surface area contributed by atoms with E-state index in [9.17, 15) is 0 Å². The number of hydrogen-bond acceptors (Lipinski definition) is 0. The Morgan fingerprint density at radius 3 is 1.25 bits per heavy atom. The van der Waals surface area contributed by atoms with Gasteiger partial charge >= 0.3 is 0 Å². The predicted octanol–water partition coefficient (Wildman–Crippen LogP) is 1.42. The normalized spacial score (nSPS) is 4.50. The summed E-state index contributed by atoms with van der Waals surface area (Å²) in [6.07, 6.45) is 0. The van der Waals surface area contributed by atoms with E-state index in [1.54, 1.807) is 0 Å². The Morgan fingerprint density at radius 1 is 1.25 bits per heavy atom. The van der Waals surface area contributed by atoms with Crippen molar-refractivity contribution in [3.63, 3.8) is 0 Å². The van der Waals surface area contributed by atoms with E-state index in [0.717, 1.165) is 0 Å². The van der Waals surface area contributed by atoms with Crippen LogP contribution in [0.5, 0.6) is 0 Å². The first-order valence-corrected chi connectivity index (χ1v) is 1.60. The van der Waals surface area contributed by atoms with Crippen molar-refractivity contribution in [2.75, 3.05) is 5.34 Å². The van der Waals surface area contributed by atoms with Crippen LogP contribution in [0.4, 0.5) is 0 Å². The Balaban J connectivity index is 0. The SMILES string of the molecule is ClCCl.[Hg]. The molecule has 0 bridgehead atoms. The van der Waals surface area contributed by atoms with Crippen LogP contribution in [0.2, 0.25) is 0 Å². The first-order valence-electron chi connectivity index (χ1n) is 0.535. The molecule has 0 saturated heterocycles. The van der Waals surface area contributed by atoms with Gasteiger partial charge in [0.25, 0.3) is 0 Å². The molecule has 3 heteroatoms. The molecule has 0 aromatic carbocycles. The van der Waals surface area contributed by atoms with Crippen LogP contribution in [0.3, 0.4) is 0 Å². The van der Waals surface area contributed by atoms with Gasteiger partial charge in [-0.05, 0) is 0 Å². The van der Waals surface area contributed by atoms with E-state index < -0.39 is 0 Å². The van der Waals surface area contributed by atoms with Crippen LogP contribution in [0, 0.1) is 0 Å². The molecule has 0 saturated carbocycles. The molecule has 0 nitrogen and oxygen atoms in total. The molecule has 0 aliphatic heterocycles. The molecule has 4 heavy (non-hydrogen) atoms. The van der Waals surface area contributed by atoms with Crippen molar-refractivity contribution in [1.29, 1.82) is 0 Å². The molecule has 0 heterocycles. The van der Waals surface area contributed by atoms with Crippen molar-refractivity contribution in [3.8, 4) is 0 Å². The van der Waals surface area contributed by atoms with Gasteiger partial charge in [0.15, 0.2) is 0 Å². The summed E-state index contributed by atoms with van der Waals surface area (Å²) in [4.78, 5) is 0. The molecule has 0 amide bonds. The number of halogens is 2. The van der Waals surface area contributed by atoms with E-state index in [1.165, 1.54) is 0 Å². The minimum Gasteiger partial charge on any atom is -0.109 e. The molecule has 0 rings (SSSR count). The van der Waals surface area contributed by atoms with E-state index in [2.05, 4.69) is 0 Å². The summed E-state index contributed by atoms with van der Waals surface area (Å²) in [5, 5.41) is 0.194. The molecule has 0 atom stereocenters. The van der Waals surface area contributed by atoms with E-state index in [-0.39, 0.29) is 33.0 Å². The minimum absolute atomic E-state index is 0. The second-order valence-electron chi connectivity index (χ2n) is 0.101. The van der Waals surface area contributed by atoms with Crippen molar-refractivity contribution in [2.24, 2.45) is 0 Å². The van der Waals surface area contributed by atoms with Crippen molar-refractivity contribution in [2.45, 2.75) is 0 Å². The zero-order chi connectivity index (χ0) is 2.71. The van der Waals surface area contributed by atoms with Crippen molar-refractivity contribution in [3.05, 3.63) is 0 Å². The van der Waals surface area contributed by atoms with Crippen LogP contribution in [-0.2, 0) is 27.7 Å². The molecule has 0 radical (unpaired) electrons. The van der Waals surface area contributed by atoms with Gasteiger partial charge in [-0.2, -0.15) is 0 Å². The number of rotatable bonds is 0. The third kappa shape index (κ3) is 9.69. The second-order valence-corrected chi connectivity index (χ2v) is 0.909. The molecular weight excluding hydrogens is 284 g/mol. The standard InChI is InChI=1S/CH2Cl2.Hg/c2-1-3;/h1H2;. The van der Waals surface area contributed by atoms with Crippen LogP contribution in [0.15, 0.2) is 0 Å². The van der Waals surface area contributed by atoms with E-state index in [4.69, 9.17) is 23.2 Å². The summed E-state index contributed by atoms with van der Waals surface area (Å²) < 4.78 is 0. The van der Waals surface area contributed by atoms with E-state index >= 15 is 0 Å². The zero-order valence-electron chi connectivity index (χ0n) is 2.17. The minimum atomic E-state index is 0. The van der Waals surface area contributed by atoms with Gasteiger partial charge in [0.1, 0.15) is 0 Å². The van der Waals surface area contributed by atoms with Crippen molar-refractivity contribution >= 4 is 23.2 Å². The van der Waals surface area contributed by atoms with Crippen LogP contribution in [0.25, 0.3) is 0 Å². The maximum Gasteiger partial charge on any atom is 0.0967 e. The van der Waals surface area contributed by atoms with Crippen LogP contribution >= 0.6 is 23.2 Å². The van der Waals surface area contributed by atoms with Gasteiger partial charge in [-0.3, -0.25) is 0 Å². The molecule has 0 aromatic rings. The molecule has 22 valence electrons. The molecule has 0 aliphatic carbocycles. The zero-order valence-corrected chi connectivity index (χ0v) is 9.18. The molecule has 0 unspecified atom stereocenters. The van der Waals surface area contributed by atoms with Crippen LogP contribution < -0.4 is 0 Å². The van der Waals surface area contributed by atoms with Gasteiger partial charge in [0.05, 0.1) is 5.34 Å². The summed E-state index contributed by atoms with van der Waals surface area (Å²) in [6.45, 7) is 0. The van der Waals surface area contributed by atoms with Crippen LogP contribution in [0.1, 0.15) is 0 Å². The molecule has 0 aromatic heterocycles. The Labute approximate surface area is 56.0 Å². The quantitative estimate of drug-likeness (QED) is 0.466. The topological polar surface area (TPSA) is 0 Å². The molecule has 0 fully saturated rings. The van der Waals surface area contributed by atoms with Crippen molar-refractivity contribution in [1.82, 2.24) is 0 Å². The van der Waals surface area contributed by atoms with Gasteiger partial charge in [-0.15, -0.1) is 23.2 Å².